The van der Waals surface area contributed by atoms with Crippen LogP contribution in [0.15, 0.2) is 24.3 Å². The number of hydrogen-bond acceptors (Lipinski definition) is 4. The van der Waals surface area contributed by atoms with Gasteiger partial charge in [0.15, 0.2) is 0 Å². The Morgan fingerprint density at radius 3 is 2.71 bits per heavy atom. The Morgan fingerprint density at radius 2 is 1.87 bits per heavy atom. The van der Waals surface area contributed by atoms with Crippen molar-refractivity contribution >= 4 is 11.7 Å². The molecule has 1 unspecified atom stereocenters. The molecule has 1 atom stereocenters. The summed E-state index contributed by atoms with van der Waals surface area (Å²) in [6.07, 6.45) is 9.24. The summed E-state index contributed by atoms with van der Waals surface area (Å²) < 4.78 is 5.35. The minimum Gasteiger partial charge on any atom is -0.497 e. The van der Waals surface area contributed by atoms with Gasteiger partial charge in [-0.2, -0.15) is 0 Å². The summed E-state index contributed by atoms with van der Waals surface area (Å²) >= 11 is 0. The fourth-order valence-electron chi connectivity index (χ4n) is 5.48. The number of ether oxygens (including phenoxy) is 1. The van der Waals surface area contributed by atoms with Crippen LogP contribution in [0, 0.1) is 11.8 Å². The van der Waals surface area contributed by atoms with Crippen molar-refractivity contribution in [3.05, 3.63) is 24.3 Å². The van der Waals surface area contributed by atoms with Crippen LogP contribution in [0.4, 0.5) is 10.5 Å². The van der Waals surface area contributed by atoms with Gasteiger partial charge < -0.3 is 24.8 Å². The lowest BCUT2D eigenvalue weighted by atomic mass is 9.89. The number of anilines is 1. The van der Waals surface area contributed by atoms with E-state index >= 15 is 0 Å². The maximum atomic E-state index is 12.8. The van der Waals surface area contributed by atoms with E-state index in [0.717, 1.165) is 70.3 Å². The highest BCUT2D eigenvalue weighted by atomic mass is 16.5. The van der Waals surface area contributed by atoms with Crippen molar-refractivity contribution in [2.24, 2.45) is 11.8 Å². The first kappa shape index (κ1) is 22.3. The molecule has 2 saturated heterocycles. The average Bonchev–Trinajstić information content (AvgIpc) is 3.17. The van der Waals surface area contributed by atoms with Crippen LogP contribution in [0.3, 0.4) is 0 Å². The Labute approximate surface area is 187 Å². The third kappa shape index (κ3) is 6.28. The van der Waals surface area contributed by atoms with Crippen LogP contribution in [0.5, 0.6) is 5.75 Å². The first-order valence-electron chi connectivity index (χ1n) is 12.4. The second-order valence-electron chi connectivity index (χ2n) is 9.63. The zero-order chi connectivity index (χ0) is 21.5. The topological polar surface area (TPSA) is 48.1 Å². The molecule has 4 rings (SSSR count). The van der Waals surface area contributed by atoms with E-state index in [1.165, 1.54) is 44.3 Å². The van der Waals surface area contributed by atoms with E-state index in [0.29, 0.717) is 5.92 Å². The quantitative estimate of drug-likeness (QED) is 0.748. The summed E-state index contributed by atoms with van der Waals surface area (Å²) in [7, 11) is 1.71. The summed E-state index contributed by atoms with van der Waals surface area (Å²) in [6, 6.07) is 8.38. The second-order valence-corrected chi connectivity index (χ2v) is 9.63. The minimum atomic E-state index is 0.124. The van der Waals surface area contributed by atoms with Gasteiger partial charge in [0.2, 0.25) is 0 Å². The van der Waals surface area contributed by atoms with Gasteiger partial charge in [-0.15, -0.1) is 0 Å². The molecule has 2 aliphatic heterocycles. The number of methoxy groups -OCH3 is 1. The van der Waals surface area contributed by atoms with Crippen molar-refractivity contribution in [3.63, 3.8) is 0 Å². The molecule has 1 aliphatic carbocycles. The van der Waals surface area contributed by atoms with Gasteiger partial charge in [-0.1, -0.05) is 25.3 Å². The molecule has 1 N–H and O–H groups in total. The predicted octanol–water partition coefficient (Wildman–Crippen LogP) is 3.82. The van der Waals surface area contributed by atoms with Crippen molar-refractivity contribution in [2.75, 3.05) is 64.4 Å². The summed E-state index contributed by atoms with van der Waals surface area (Å²) in [4.78, 5) is 19.8. The Balaban J connectivity index is 1.18. The van der Waals surface area contributed by atoms with Gasteiger partial charge >= 0.3 is 6.03 Å². The summed E-state index contributed by atoms with van der Waals surface area (Å²) in [5, 5.41) is 3.23. The van der Waals surface area contributed by atoms with Crippen molar-refractivity contribution in [2.45, 2.75) is 44.9 Å². The van der Waals surface area contributed by atoms with E-state index in [9.17, 15) is 4.79 Å². The normalized spacial score (nSPS) is 23.6. The van der Waals surface area contributed by atoms with Crippen molar-refractivity contribution in [1.29, 1.82) is 0 Å². The molecule has 172 valence electrons. The molecule has 3 fully saturated rings. The predicted molar refractivity (Wildman–Crippen MR) is 126 cm³/mol. The van der Waals surface area contributed by atoms with E-state index in [2.05, 4.69) is 27.2 Å². The van der Waals surface area contributed by atoms with Gasteiger partial charge in [-0.3, -0.25) is 0 Å². The molecule has 3 aliphatic rings. The van der Waals surface area contributed by atoms with Crippen LogP contribution in [-0.2, 0) is 0 Å². The number of benzene rings is 1. The van der Waals surface area contributed by atoms with Crippen LogP contribution < -0.4 is 15.0 Å². The monoisotopic (exact) mass is 428 g/mol. The molecule has 6 heteroatoms. The molecule has 2 amide bonds. The van der Waals surface area contributed by atoms with Gasteiger partial charge in [-0.25, -0.2) is 4.79 Å². The molecule has 0 spiro atoms. The Hall–Kier alpha value is -1.95. The Bertz CT molecular complexity index is 707. The van der Waals surface area contributed by atoms with E-state index in [4.69, 9.17) is 4.74 Å². The van der Waals surface area contributed by atoms with Crippen LogP contribution >= 0.6 is 0 Å². The van der Waals surface area contributed by atoms with Gasteiger partial charge in [0.05, 0.1) is 7.11 Å². The Morgan fingerprint density at radius 1 is 1.00 bits per heavy atom. The number of nitrogens with one attached hydrogen (secondary N) is 1. The highest BCUT2D eigenvalue weighted by molar-refractivity contribution is 5.74. The zero-order valence-corrected chi connectivity index (χ0v) is 19.2. The summed E-state index contributed by atoms with van der Waals surface area (Å²) in [6.45, 7) is 7.93. The van der Waals surface area contributed by atoms with E-state index in [-0.39, 0.29) is 6.03 Å². The van der Waals surface area contributed by atoms with Crippen molar-refractivity contribution in [1.82, 2.24) is 15.1 Å². The molecule has 1 saturated carbocycles. The fraction of sp³-hybridized carbons (Fsp3) is 0.720. The average molecular weight is 429 g/mol. The zero-order valence-electron chi connectivity index (χ0n) is 19.2. The standard InChI is InChI=1S/C25H40N4O2/c1-31-24-10-5-9-23(17-24)29-14-11-22(20-29)18-26-25(30)28-13-6-12-27(15-16-28)19-21-7-3-2-4-8-21/h5,9-10,17,21-22H,2-4,6-8,11-16,18-20H2,1H3,(H,26,30). The fourth-order valence-corrected chi connectivity index (χ4v) is 5.48. The number of nitrogens with zero attached hydrogens (tertiary/aromatic N) is 3. The number of rotatable bonds is 6. The van der Waals surface area contributed by atoms with E-state index in [1.54, 1.807) is 7.11 Å². The molecule has 0 radical (unpaired) electrons. The SMILES string of the molecule is COc1cccc(N2CCC(CNC(=O)N3CCCN(CC4CCCCC4)CC3)C2)c1. The van der Waals surface area contributed by atoms with Crippen LogP contribution in [0.1, 0.15) is 44.9 Å². The molecule has 1 aromatic rings. The third-order valence-electron chi connectivity index (χ3n) is 7.36. The molecule has 0 aromatic heterocycles. The summed E-state index contributed by atoms with van der Waals surface area (Å²) in [5.41, 5.74) is 1.21. The first-order chi connectivity index (χ1) is 15.2. The molecule has 0 bridgehead atoms. The smallest absolute Gasteiger partial charge is 0.317 e. The van der Waals surface area contributed by atoms with Crippen LogP contribution in [0.2, 0.25) is 0 Å². The van der Waals surface area contributed by atoms with Gasteiger partial charge in [0, 0.05) is 57.6 Å². The van der Waals surface area contributed by atoms with Gasteiger partial charge in [-0.05, 0) is 56.2 Å². The largest absolute Gasteiger partial charge is 0.497 e. The molecule has 6 nitrogen and oxygen atoms in total. The lowest BCUT2D eigenvalue weighted by molar-refractivity contribution is 0.189. The van der Waals surface area contributed by atoms with Crippen LogP contribution in [-0.4, -0.2) is 75.3 Å². The first-order valence-corrected chi connectivity index (χ1v) is 12.4. The number of carbonyl (C=O) groups is 1. The maximum absolute atomic E-state index is 12.8. The van der Waals surface area contributed by atoms with Crippen molar-refractivity contribution in [3.8, 4) is 5.75 Å². The number of amides is 2. The highest BCUT2D eigenvalue weighted by Gasteiger charge is 2.26. The lowest BCUT2D eigenvalue weighted by Crippen LogP contribution is -2.44. The third-order valence-corrected chi connectivity index (χ3v) is 7.36. The molecule has 2 heterocycles. The molecular formula is C25H40N4O2. The molecule has 31 heavy (non-hydrogen) atoms. The highest BCUT2D eigenvalue weighted by Crippen LogP contribution is 2.27. The van der Waals surface area contributed by atoms with Gasteiger partial charge in [0.1, 0.15) is 5.75 Å². The van der Waals surface area contributed by atoms with E-state index in [1.807, 2.05) is 17.0 Å². The van der Waals surface area contributed by atoms with Crippen molar-refractivity contribution < 1.29 is 9.53 Å². The molecular weight excluding hydrogens is 388 g/mol. The number of carbonyl (C=O) groups excluding carboxylic acids is 1. The second kappa shape index (κ2) is 11.1. The number of urea groups is 1. The van der Waals surface area contributed by atoms with Crippen LogP contribution in [0.25, 0.3) is 0 Å². The summed E-state index contributed by atoms with van der Waals surface area (Å²) in [5.74, 6) is 2.28. The maximum Gasteiger partial charge on any atom is 0.317 e. The van der Waals surface area contributed by atoms with E-state index < -0.39 is 0 Å². The Kier molecular flexibility index (Phi) is 7.95. The lowest BCUT2D eigenvalue weighted by Gasteiger charge is -2.29. The number of hydrogen-bond donors (Lipinski definition) is 1. The minimum absolute atomic E-state index is 0.124. The molecule has 1 aromatic carbocycles. The van der Waals surface area contributed by atoms with Gasteiger partial charge in [0.25, 0.3) is 0 Å².